The van der Waals surface area contributed by atoms with Gasteiger partial charge >= 0.3 is 0 Å². The lowest BCUT2D eigenvalue weighted by molar-refractivity contribution is -0.143. The Morgan fingerprint density at radius 2 is 1.94 bits per heavy atom. The lowest BCUT2D eigenvalue weighted by Crippen LogP contribution is -2.45. The predicted molar refractivity (Wildman–Crippen MR) is 73.4 cm³/mol. The minimum absolute atomic E-state index is 0.131. The van der Waals surface area contributed by atoms with Gasteiger partial charge in [0, 0.05) is 30.9 Å². The number of halogens is 1. The Morgan fingerprint density at radius 1 is 1.29 bits per heavy atom. The third-order valence-corrected chi connectivity index (χ3v) is 4.04. The van der Waals surface area contributed by atoms with Crippen molar-refractivity contribution in [1.29, 1.82) is 0 Å². The van der Waals surface area contributed by atoms with Gasteiger partial charge in [-0.25, -0.2) is 0 Å². The average molecular weight is 306 g/mol. The molecule has 100 valence electrons. The van der Waals surface area contributed by atoms with E-state index in [0.717, 1.165) is 24.7 Å². The van der Waals surface area contributed by atoms with Crippen molar-refractivity contribution in [3.8, 4) is 0 Å². The van der Waals surface area contributed by atoms with E-state index < -0.39 is 0 Å². The number of ether oxygens (including phenoxy) is 1. The van der Waals surface area contributed by atoms with Gasteiger partial charge in [0.05, 0.1) is 6.61 Å². The fraction of sp³-hybridized carbons (Fsp3) is 0.923. The van der Waals surface area contributed by atoms with Crippen molar-refractivity contribution in [2.45, 2.75) is 39.0 Å². The van der Waals surface area contributed by atoms with E-state index in [2.05, 4.69) is 22.9 Å². The van der Waals surface area contributed by atoms with Gasteiger partial charge < -0.3 is 9.64 Å². The summed E-state index contributed by atoms with van der Waals surface area (Å²) in [6.45, 7) is 4.23. The lowest BCUT2D eigenvalue weighted by atomic mass is 9.74. The Labute approximate surface area is 113 Å². The van der Waals surface area contributed by atoms with E-state index in [4.69, 9.17) is 4.74 Å². The number of methoxy groups -OCH3 is 1. The van der Waals surface area contributed by atoms with Gasteiger partial charge in [0.1, 0.15) is 0 Å². The molecule has 0 aromatic heterocycles. The zero-order valence-corrected chi connectivity index (χ0v) is 12.6. The maximum Gasteiger partial charge on any atom is 0.228 e. The van der Waals surface area contributed by atoms with Gasteiger partial charge in [0.15, 0.2) is 0 Å². The molecule has 1 amide bonds. The van der Waals surface area contributed by atoms with Gasteiger partial charge in [0.25, 0.3) is 0 Å². The van der Waals surface area contributed by atoms with Crippen LogP contribution in [0.3, 0.4) is 0 Å². The minimum atomic E-state index is -0.131. The van der Waals surface area contributed by atoms with Crippen LogP contribution in [0.15, 0.2) is 0 Å². The van der Waals surface area contributed by atoms with Crippen molar-refractivity contribution in [1.82, 2.24) is 4.90 Å². The topological polar surface area (TPSA) is 29.5 Å². The standard InChI is InChI=1S/C13H24BrNO2/c1-13(6-4-3-5-7-13)12(16)15(9-8-14)10-11-17-2/h3-11H2,1-2H3. The molecule has 1 saturated carbocycles. The highest BCUT2D eigenvalue weighted by Crippen LogP contribution is 2.37. The van der Waals surface area contributed by atoms with Gasteiger partial charge in [-0.05, 0) is 12.8 Å². The number of rotatable bonds is 6. The number of amides is 1. The quantitative estimate of drug-likeness (QED) is 0.706. The molecule has 1 aliphatic rings. The zero-order valence-electron chi connectivity index (χ0n) is 11.0. The molecule has 1 aliphatic carbocycles. The zero-order chi connectivity index (χ0) is 12.7. The molecule has 0 atom stereocenters. The van der Waals surface area contributed by atoms with E-state index >= 15 is 0 Å². The second-order valence-electron chi connectivity index (χ2n) is 5.10. The van der Waals surface area contributed by atoms with Crippen molar-refractivity contribution < 1.29 is 9.53 Å². The largest absolute Gasteiger partial charge is 0.383 e. The average Bonchev–Trinajstić information content (AvgIpc) is 2.34. The SMILES string of the molecule is COCCN(CCBr)C(=O)C1(C)CCCCC1. The van der Waals surface area contributed by atoms with Crippen LogP contribution in [0.25, 0.3) is 0 Å². The molecule has 0 aliphatic heterocycles. The molecule has 0 heterocycles. The Morgan fingerprint density at radius 3 is 2.47 bits per heavy atom. The van der Waals surface area contributed by atoms with Crippen LogP contribution >= 0.6 is 15.9 Å². The number of hydrogen-bond donors (Lipinski definition) is 0. The summed E-state index contributed by atoms with van der Waals surface area (Å²) >= 11 is 3.42. The molecule has 17 heavy (non-hydrogen) atoms. The van der Waals surface area contributed by atoms with Crippen LogP contribution in [-0.4, -0.2) is 42.9 Å². The molecule has 0 spiro atoms. The minimum Gasteiger partial charge on any atom is -0.383 e. The molecule has 1 fully saturated rings. The van der Waals surface area contributed by atoms with Crippen LogP contribution in [0, 0.1) is 5.41 Å². The Kier molecular flexibility index (Phi) is 6.49. The fourth-order valence-corrected chi connectivity index (χ4v) is 2.97. The first-order chi connectivity index (χ1) is 8.14. The highest BCUT2D eigenvalue weighted by atomic mass is 79.9. The third-order valence-electron chi connectivity index (χ3n) is 3.68. The van der Waals surface area contributed by atoms with E-state index in [1.807, 2.05) is 4.90 Å². The Bertz CT molecular complexity index is 240. The first-order valence-electron chi connectivity index (χ1n) is 6.48. The van der Waals surface area contributed by atoms with Crippen LogP contribution in [0.1, 0.15) is 39.0 Å². The van der Waals surface area contributed by atoms with Crippen molar-refractivity contribution in [3.05, 3.63) is 0 Å². The maximum absolute atomic E-state index is 12.6. The van der Waals surface area contributed by atoms with Crippen LogP contribution in [0.4, 0.5) is 0 Å². The number of carbonyl (C=O) groups excluding carboxylic acids is 1. The van der Waals surface area contributed by atoms with Crippen LogP contribution in [-0.2, 0) is 9.53 Å². The van der Waals surface area contributed by atoms with Crippen LogP contribution < -0.4 is 0 Å². The summed E-state index contributed by atoms with van der Waals surface area (Å²) in [5.74, 6) is 0.314. The molecule has 0 radical (unpaired) electrons. The van der Waals surface area contributed by atoms with E-state index in [-0.39, 0.29) is 5.41 Å². The van der Waals surface area contributed by atoms with Gasteiger partial charge in [-0.3, -0.25) is 4.79 Å². The van der Waals surface area contributed by atoms with Gasteiger partial charge in [-0.1, -0.05) is 42.1 Å². The third kappa shape index (κ3) is 4.25. The molecule has 0 N–H and O–H groups in total. The predicted octanol–water partition coefficient (Wildman–Crippen LogP) is 2.83. The van der Waals surface area contributed by atoms with E-state index in [1.165, 1.54) is 19.3 Å². The van der Waals surface area contributed by atoms with E-state index in [0.29, 0.717) is 19.1 Å². The Balaban J connectivity index is 2.61. The summed E-state index contributed by atoms with van der Waals surface area (Å²) < 4.78 is 5.08. The molecule has 4 heteroatoms. The van der Waals surface area contributed by atoms with Crippen molar-refractivity contribution in [2.75, 3.05) is 32.1 Å². The summed E-state index contributed by atoms with van der Waals surface area (Å²) in [6.07, 6.45) is 5.73. The first kappa shape index (κ1) is 15.0. The summed E-state index contributed by atoms with van der Waals surface area (Å²) in [7, 11) is 1.68. The molecule has 0 aromatic carbocycles. The number of alkyl halides is 1. The molecular formula is C13H24BrNO2. The molecular weight excluding hydrogens is 282 g/mol. The van der Waals surface area contributed by atoms with Crippen LogP contribution in [0.2, 0.25) is 0 Å². The Hall–Kier alpha value is -0.0900. The highest BCUT2D eigenvalue weighted by Gasteiger charge is 2.37. The smallest absolute Gasteiger partial charge is 0.228 e. The lowest BCUT2D eigenvalue weighted by Gasteiger charge is -2.37. The molecule has 0 aromatic rings. The highest BCUT2D eigenvalue weighted by molar-refractivity contribution is 9.09. The van der Waals surface area contributed by atoms with Crippen LogP contribution in [0.5, 0.6) is 0 Å². The van der Waals surface area contributed by atoms with Crippen molar-refractivity contribution in [3.63, 3.8) is 0 Å². The molecule has 1 rings (SSSR count). The molecule has 3 nitrogen and oxygen atoms in total. The number of carbonyl (C=O) groups is 1. The normalized spacial score (nSPS) is 19.0. The number of nitrogens with zero attached hydrogens (tertiary/aromatic N) is 1. The summed E-state index contributed by atoms with van der Waals surface area (Å²) in [6, 6.07) is 0. The monoisotopic (exact) mass is 305 g/mol. The summed E-state index contributed by atoms with van der Waals surface area (Å²) in [5.41, 5.74) is -0.131. The van der Waals surface area contributed by atoms with Gasteiger partial charge in [-0.2, -0.15) is 0 Å². The van der Waals surface area contributed by atoms with Gasteiger partial charge in [0.2, 0.25) is 5.91 Å². The number of hydrogen-bond acceptors (Lipinski definition) is 2. The van der Waals surface area contributed by atoms with Crippen molar-refractivity contribution in [2.24, 2.45) is 5.41 Å². The van der Waals surface area contributed by atoms with E-state index in [9.17, 15) is 4.79 Å². The second kappa shape index (κ2) is 7.37. The summed E-state index contributed by atoms with van der Waals surface area (Å²) in [5, 5.41) is 0.832. The first-order valence-corrected chi connectivity index (χ1v) is 7.60. The maximum atomic E-state index is 12.6. The molecule has 0 saturated heterocycles. The summed E-state index contributed by atoms with van der Waals surface area (Å²) in [4.78, 5) is 14.5. The van der Waals surface area contributed by atoms with E-state index in [1.54, 1.807) is 7.11 Å². The molecule has 0 unspecified atom stereocenters. The van der Waals surface area contributed by atoms with Gasteiger partial charge in [-0.15, -0.1) is 0 Å². The molecule has 0 bridgehead atoms. The second-order valence-corrected chi connectivity index (χ2v) is 5.89. The van der Waals surface area contributed by atoms with Crippen molar-refractivity contribution >= 4 is 21.8 Å². The fourth-order valence-electron chi connectivity index (χ4n) is 2.55.